The summed E-state index contributed by atoms with van der Waals surface area (Å²) in [4.78, 5) is 23.4. The van der Waals surface area contributed by atoms with Gasteiger partial charge in [0.05, 0.1) is 12.8 Å². The van der Waals surface area contributed by atoms with Gasteiger partial charge in [0.2, 0.25) is 0 Å². The molecule has 3 nitrogen and oxygen atoms in total. The second-order valence-electron chi connectivity index (χ2n) is 3.74. The third-order valence-corrected chi connectivity index (χ3v) is 3.59. The van der Waals surface area contributed by atoms with Crippen LogP contribution in [0.25, 0.3) is 0 Å². The summed E-state index contributed by atoms with van der Waals surface area (Å²) in [6.07, 6.45) is 0.582. The van der Waals surface area contributed by atoms with Gasteiger partial charge in [-0.05, 0) is 11.4 Å². The molecule has 0 N–H and O–H groups in total. The molecule has 0 aromatic carbocycles. The van der Waals surface area contributed by atoms with Crippen molar-refractivity contribution in [3.8, 4) is 0 Å². The van der Waals surface area contributed by atoms with Crippen molar-refractivity contribution in [1.29, 1.82) is 0 Å². The molecular weight excluding hydrogens is 200 g/mol. The monoisotopic (exact) mass is 210 g/mol. The van der Waals surface area contributed by atoms with Crippen LogP contribution >= 0.6 is 11.3 Å². The lowest BCUT2D eigenvalue weighted by Gasteiger charge is -2.29. The summed E-state index contributed by atoms with van der Waals surface area (Å²) in [5, 5.41) is 1.95. The van der Waals surface area contributed by atoms with Crippen LogP contribution in [0.1, 0.15) is 24.6 Å². The van der Waals surface area contributed by atoms with Crippen LogP contribution in [0, 0.1) is 0 Å². The van der Waals surface area contributed by atoms with Crippen molar-refractivity contribution in [3.63, 3.8) is 0 Å². The summed E-state index contributed by atoms with van der Waals surface area (Å²) in [7, 11) is 0. The van der Waals surface area contributed by atoms with Crippen molar-refractivity contribution in [2.24, 2.45) is 0 Å². The van der Waals surface area contributed by atoms with Gasteiger partial charge in [-0.1, -0.05) is 13.0 Å². The zero-order valence-corrected chi connectivity index (χ0v) is 8.60. The Balaban J connectivity index is 2.31. The molecule has 1 fully saturated rings. The van der Waals surface area contributed by atoms with Crippen molar-refractivity contribution in [1.82, 2.24) is 0 Å². The second-order valence-corrected chi connectivity index (χ2v) is 4.69. The van der Waals surface area contributed by atoms with E-state index < -0.39 is 11.9 Å². The topological polar surface area (TPSA) is 43.4 Å². The van der Waals surface area contributed by atoms with E-state index in [2.05, 4.69) is 4.74 Å². The Morgan fingerprint density at radius 3 is 2.50 bits per heavy atom. The van der Waals surface area contributed by atoms with Gasteiger partial charge in [0.1, 0.15) is 0 Å². The highest BCUT2D eigenvalue weighted by Gasteiger charge is 2.39. The Morgan fingerprint density at radius 2 is 2.00 bits per heavy atom. The summed E-state index contributed by atoms with van der Waals surface area (Å²) in [6, 6.07) is 3.88. The van der Waals surface area contributed by atoms with Crippen LogP contribution in [0.4, 0.5) is 0 Å². The van der Waals surface area contributed by atoms with E-state index in [4.69, 9.17) is 0 Å². The zero-order chi connectivity index (χ0) is 10.2. The summed E-state index contributed by atoms with van der Waals surface area (Å²) >= 11 is 1.57. The van der Waals surface area contributed by atoms with Crippen molar-refractivity contribution >= 4 is 23.3 Å². The van der Waals surface area contributed by atoms with Crippen molar-refractivity contribution in [2.75, 3.05) is 0 Å². The van der Waals surface area contributed by atoms with E-state index in [1.54, 1.807) is 11.3 Å². The SMILES string of the molecule is CC1(c2cccs2)CC(=O)OC(=O)C1. The summed E-state index contributed by atoms with van der Waals surface area (Å²) in [5.74, 6) is -0.839. The number of thiophene rings is 1. The molecule has 14 heavy (non-hydrogen) atoms. The van der Waals surface area contributed by atoms with Crippen molar-refractivity contribution in [2.45, 2.75) is 25.2 Å². The quantitative estimate of drug-likeness (QED) is 0.525. The molecule has 1 aromatic rings. The average Bonchev–Trinajstić information content (AvgIpc) is 2.52. The van der Waals surface area contributed by atoms with E-state index in [1.165, 1.54) is 0 Å². The van der Waals surface area contributed by atoms with Crippen LogP contribution in [0.15, 0.2) is 17.5 Å². The number of esters is 2. The molecule has 1 aliphatic heterocycles. The Labute approximate surface area is 85.7 Å². The van der Waals surface area contributed by atoms with Gasteiger partial charge < -0.3 is 4.74 Å². The minimum Gasteiger partial charge on any atom is -0.393 e. The van der Waals surface area contributed by atoms with E-state index in [9.17, 15) is 9.59 Å². The maximum absolute atomic E-state index is 11.1. The molecule has 74 valence electrons. The van der Waals surface area contributed by atoms with E-state index in [1.807, 2.05) is 24.4 Å². The molecule has 2 rings (SSSR count). The minimum absolute atomic E-state index is 0.291. The van der Waals surface area contributed by atoms with Crippen LogP contribution in [0.2, 0.25) is 0 Å². The van der Waals surface area contributed by atoms with Crippen LogP contribution in [0.5, 0.6) is 0 Å². The van der Waals surface area contributed by atoms with E-state index >= 15 is 0 Å². The maximum atomic E-state index is 11.1. The fraction of sp³-hybridized carbons (Fsp3) is 0.400. The van der Waals surface area contributed by atoms with E-state index in [-0.39, 0.29) is 5.41 Å². The third kappa shape index (κ3) is 1.57. The molecule has 0 saturated carbocycles. The average molecular weight is 210 g/mol. The normalized spacial score (nSPS) is 20.6. The van der Waals surface area contributed by atoms with Gasteiger partial charge in [-0.3, -0.25) is 9.59 Å². The lowest BCUT2D eigenvalue weighted by Crippen LogP contribution is -2.36. The number of cyclic esters (lactones) is 2. The van der Waals surface area contributed by atoms with Crippen LogP contribution in [0.3, 0.4) is 0 Å². The number of rotatable bonds is 1. The number of carbonyl (C=O) groups excluding carboxylic acids is 2. The molecular formula is C10H10O3S. The van der Waals surface area contributed by atoms with Gasteiger partial charge in [0.15, 0.2) is 0 Å². The fourth-order valence-electron chi connectivity index (χ4n) is 1.69. The Hall–Kier alpha value is -1.16. The van der Waals surface area contributed by atoms with Gasteiger partial charge in [-0.2, -0.15) is 0 Å². The molecule has 0 spiro atoms. The molecule has 0 unspecified atom stereocenters. The van der Waals surface area contributed by atoms with Crippen molar-refractivity contribution < 1.29 is 14.3 Å². The highest BCUT2D eigenvalue weighted by molar-refractivity contribution is 7.10. The summed E-state index contributed by atoms with van der Waals surface area (Å²) < 4.78 is 4.51. The number of hydrogen-bond donors (Lipinski definition) is 0. The molecule has 0 atom stereocenters. The second kappa shape index (κ2) is 3.20. The number of hydrogen-bond acceptors (Lipinski definition) is 4. The van der Waals surface area contributed by atoms with Gasteiger partial charge in [-0.25, -0.2) is 0 Å². The Bertz CT molecular complexity index is 351. The molecule has 0 aliphatic carbocycles. The van der Waals surface area contributed by atoms with E-state index in [0.29, 0.717) is 12.8 Å². The van der Waals surface area contributed by atoms with E-state index in [0.717, 1.165) is 4.88 Å². The van der Waals surface area contributed by atoms with Crippen molar-refractivity contribution in [3.05, 3.63) is 22.4 Å². The highest BCUT2D eigenvalue weighted by atomic mass is 32.1. The summed E-state index contributed by atoms with van der Waals surface area (Å²) in [5.41, 5.74) is -0.361. The first-order valence-electron chi connectivity index (χ1n) is 4.38. The minimum atomic E-state index is -0.419. The smallest absolute Gasteiger partial charge is 0.314 e. The van der Waals surface area contributed by atoms with Gasteiger partial charge >= 0.3 is 11.9 Å². The maximum Gasteiger partial charge on any atom is 0.314 e. The lowest BCUT2D eigenvalue weighted by molar-refractivity contribution is -0.166. The molecule has 0 amide bonds. The predicted molar refractivity (Wildman–Crippen MR) is 52.0 cm³/mol. The molecule has 4 heteroatoms. The lowest BCUT2D eigenvalue weighted by atomic mass is 9.80. The largest absolute Gasteiger partial charge is 0.393 e. The first kappa shape index (κ1) is 9.40. The first-order chi connectivity index (χ1) is 6.60. The van der Waals surface area contributed by atoms with Crippen LogP contribution in [-0.4, -0.2) is 11.9 Å². The predicted octanol–water partition coefficient (Wildman–Crippen LogP) is 1.87. The molecule has 2 heterocycles. The number of carbonyl (C=O) groups is 2. The van der Waals surface area contributed by atoms with Crippen LogP contribution in [-0.2, 0) is 19.7 Å². The highest BCUT2D eigenvalue weighted by Crippen LogP contribution is 2.37. The van der Waals surface area contributed by atoms with Gasteiger partial charge in [0.25, 0.3) is 0 Å². The first-order valence-corrected chi connectivity index (χ1v) is 5.26. The Kier molecular flexibility index (Phi) is 2.15. The Morgan fingerprint density at radius 1 is 1.36 bits per heavy atom. The standard InChI is InChI=1S/C10H10O3S/c1-10(7-3-2-4-14-7)5-8(11)13-9(12)6-10/h2-4H,5-6H2,1H3. The van der Waals surface area contributed by atoms with Gasteiger partial charge in [-0.15, -0.1) is 11.3 Å². The molecule has 1 aliphatic rings. The number of ether oxygens (including phenoxy) is 1. The van der Waals surface area contributed by atoms with Gasteiger partial charge in [0, 0.05) is 10.3 Å². The molecule has 0 radical (unpaired) electrons. The summed E-state index contributed by atoms with van der Waals surface area (Å²) in [6.45, 7) is 1.93. The zero-order valence-electron chi connectivity index (χ0n) is 7.78. The van der Waals surface area contributed by atoms with Crippen LogP contribution < -0.4 is 0 Å². The third-order valence-electron chi connectivity index (χ3n) is 2.41. The molecule has 1 saturated heterocycles. The molecule has 0 bridgehead atoms. The molecule has 1 aromatic heterocycles. The fourth-order valence-corrected chi connectivity index (χ4v) is 2.58.